The van der Waals surface area contributed by atoms with Crippen LogP contribution in [0.4, 0.5) is 5.69 Å². The molecular formula is C31H34N2O5. The Labute approximate surface area is 222 Å². The van der Waals surface area contributed by atoms with Gasteiger partial charge in [-0.15, -0.1) is 0 Å². The molecule has 2 aromatic heterocycles. The number of Topliss-reactive ketones (excluding diaryl/α,β-unsaturated/α-hetero) is 1. The molecule has 0 bridgehead atoms. The van der Waals surface area contributed by atoms with Crippen LogP contribution in [0.15, 0.2) is 71.1 Å². The molecule has 2 atom stereocenters. The monoisotopic (exact) mass is 514 g/mol. The number of pyridine rings is 1. The number of carboxylic acid groups (broad SMARTS) is 1. The molecule has 7 nitrogen and oxygen atoms in total. The highest BCUT2D eigenvalue weighted by Crippen LogP contribution is 2.30. The first-order valence-electron chi connectivity index (χ1n) is 13.0. The second-order valence-corrected chi connectivity index (χ2v) is 9.63. The summed E-state index contributed by atoms with van der Waals surface area (Å²) in [5.74, 6) is 0.740. The van der Waals surface area contributed by atoms with Gasteiger partial charge < -0.3 is 19.6 Å². The van der Waals surface area contributed by atoms with Crippen LogP contribution in [0.1, 0.15) is 55.6 Å². The van der Waals surface area contributed by atoms with Crippen molar-refractivity contribution in [2.75, 3.05) is 11.9 Å². The molecule has 2 N–H and O–H groups in total. The van der Waals surface area contributed by atoms with Crippen molar-refractivity contribution in [2.45, 2.75) is 52.5 Å². The molecule has 0 spiro atoms. The number of carboxylic acids is 1. The molecule has 4 aromatic rings. The number of aryl methyl sites for hydroxylation is 1. The van der Waals surface area contributed by atoms with E-state index in [1.165, 1.54) is 0 Å². The highest BCUT2D eigenvalue weighted by atomic mass is 16.5. The van der Waals surface area contributed by atoms with Crippen molar-refractivity contribution >= 4 is 28.4 Å². The zero-order valence-corrected chi connectivity index (χ0v) is 22.1. The molecule has 7 heteroatoms. The van der Waals surface area contributed by atoms with Crippen LogP contribution in [0.2, 0.25) is 0 Å². The van der Waals surface area contributed by atoms with E-state index in [4.69, 9.17) is 14.3 Å². The Balaban J connectivity index is 1.38. The van der Waals surface area contributed by atoms with Crippen LogP contribution in [-0.4, -0.2) is 34.5 Å². The number of hydrogen-bond acceptors (Lipinski definition) is 6. The van der Waals surface area contributed by atoms with Crippen molar-refractivity contribution < 1.29 is 23.8 Å². The number of nitrogens with one attached hydrogen (secondary N) is 1. The largest absolute Gasteiger partial charge is 0.481 e. The first-order valence-corrected chi connectivity index (χ1v) is 13.0. The Hall–Kier alpha value is -4.13. The van der Waals surface area contributed by atoms with Crippen molar-refractivity contribution in [1.82, 2.24) is 4.98 Å². The summed E-state index contributed by atoms with van der Waals surface area (Å²) in [6.45, 7) is 6.69. The van der Waals surface area contributed by atoms with E-state index >= 15 is 0 Å². The number of carbonyl (C=O) groups is 2. The number of rotatable bonds is 13. The topological polar surface area (TPSA) is 102 Å². The van der Waals surface area contributed by atoms with Gasteiger partial charge in [0.2, 0.25) is 5.88 Å². The highest BCUT2D eigenvalue weighted by Gasteiger charge is 2.18. The van der Waals surface area contributed by atoms with Crippen LogP contribution in [0.25, 0.3) is 22.3 Å². The number of nitrogens with zero attached hydrogens (tertiary/aromatic N) is 1. The number of furan rings is 1. The number of aliphatic carboxylic acids is 1. The van der Waals surface area contributed by atoms with Gasteiger partial charge in [-0.2, -0.15) is 0 Å². The molecule has 4 rings (SSSR count). The highest BCUT2D eigenvalue weighted by molar-refractivity contribution is 5.96. The van der Waals surface area contributed by atoms with Gasteiger partial charge in [-0.05, 0) is 61.7 Å². The second-order valence-electron chi connectivity index (χ2n) is 9.63. The average molecular weight is 515 g/mol. The van der Waals surface area contributed by atoms with E-state index in [0.29, 0.717) is 30.4 Å². The first-order chi connectivity index (χ1) is 18.3. The number of para-hydroxylation sites is 1. The molecule has 0 saturated carbocycles. The standard InChI is InChI=1S/C31H34N2O5/c1-4-20(2)26(33-24-14-12-22(13-15-24)27(34)9-7-11-31(35)36)19-37-30-17-16-25(21(3)32-30)29-18-23-8-5-6-10-28(23)38-29/h5-6,8,10,12-18,20,26,33H,4,7,9,11,19H2,1-3H3,(H,35,36)/t20-,26+/m0/s1. The normalized spacial score (nSPS) is 12.7. The molecular weight excluding hydrogens is 480 g/mol. The summed E-state index contributed by atoms with van der Waals surface area (Å²) < 4.78 is 12.1. The lowest BCUT2D eigenvalue weighted by molar-refractivity contribution is -0.137. The fraction of sp³-hybridized carbons (Fsp3) is 0.323. The minimum absolute atomic E-state index is 0.00101. The maximum atomic E-state index is 12.3. The lowest BCUT2D eigenvalue weighted by Gasteiger charge is -2.25. The first kappa shape index (κ1) is 26.9. The number of ether oxygens (including phenoxy) is 1. The van der Waals surface area contributed by atoms with Gasteiger partial charge in [0.15, 0.2) is 5.78 Å². The summed E-state index contributed by atoms with van der Waals surface area (Å²) in [4.78, 5) is 27.7. The molecule has 2 aromatic carbocycles. The number of benzene rings is 2. The molecule has 0 radical (unpaired) electrons. The number of aromatic nitrogens is 1. The van der Waals surface area contributed by atoms with Gasteiger partial charge in [-0.3, -0.25) is 9.59 Å². The zero-order chi connectivity index (χ0) is 27.1. The van der Waals surface area contributed by atoms with Crippen molar-refractivity contribution in [3.63, 3.8) is 0 Å². The van der Waals surface area contributed by atoms with E-state index in [-0.39, 0.29) is 24.7 Å². The number of hydrogen-bond donors (Lipinski definition) is 2. The van der Waals surface area contributed by atoms with Crippen LogP contribution >= 0.6 is 0 Å². The Morgan fingerprint density at radius 2 is 1.82 bits per heavy atom. The molecule has 198 valence electrons. The number of ketones is 1. The third-order valence-corrected chi connectivity index (χ3v) is 6.85. The SMILES string of the molecule is CC[C@H](C)[C@@H](COc1ccc(-c2cc3ccccc3o2)c(C)n1)Nc1ccc(C(=O)CCCC(=O)O)cc1. The molecule has 0 aliphatic rings. The van der Waals surface area contributed by atoms with Gasteiger partial charge >= 0.3 is 5.97 Å². The van der Waals surface area contributed by atoms with Crippen LogP contribution in [0.3, 0.4) is 0 Å². The summed E-state index contributed by atoms with van der Waals surface area (Å²) in [6.07, 6.45) is 1.54. The van der Waals surface area contributed by atoms with Crippen LogP contribution in [0.5, 0.6) is 5.88 Å². The number of fused-ring (bicyclic) bond motifs is 1. The van der Waals surface area contributed by atoms with Crippen molar-refractivity contribution in [2.24, 2.45) is 5.92 Å². The Morgan fingerprint density at radius 3 is 2.50 bits per heavy atom. The average Bonchev–Trinajstić information content (AvgIpc) is 3.34. The van der Waals surface area contributed by atoms with Gasteiger partial charge in [0.1, 0.15) is 18.0 Å². The van der Waals surface area contributed by atoms with E-state index in [1.807, 2.05) is 61.5 Å². The van der Waals surface area contributed by atoms with E-state index in [2.05, 4.69) is 24.1 Å². The van der Waals surface area contributed by atoms with Gasteiger partial charge in [-0.25, -0.2) is 4.98 Å². The minimum atomic E-state index is -0.886. The fourth-order valence-electron chi connectivity index (χ4n) is 4.31. The minimum Gasteiger partial charge on any atom is -0.481 e. The quantitative estimate of drug-likeness (QED) is 0.183. The van der Waals surface area contributed by atoms with Crippen LogP contribution in [-0.2, 0) is 4.79 Å². The Morgan fingerprint density at radius 1 is 1.05 bits per heavy atom. The molecule has 2 heterocycles. The van der Waals surface area contributed by atoms with Crippen molar-refractivity contribution in [1.29, 1.82) is 0 Å². The molecule has 0 saturated heterocycles. The van der Waals surface area contributed by atoms with Crippen molar-refractivity contribution in [3.8, 4) is 17.2 Å². The molecule has 0 amide bonds. The maximum absolute atomic E-state index is 12.3. The fourth-order valence-corrected chi connectivity index (χ4v) is 4.31. The predicted octanol–water partition coefficient (Wildman–Crippen LogP) is 7.15. The second kappa shape index (κ2) is 12.4. The molecule has 0 aliphatic heterocycles. The van der Waals surface area contributed by atoms with Crippen molar-refractivity contribution in [3.05, 3.63) is 78.0 Å². The van der Waals surface area contributed by atoms with E-state index in [9.17, 15) is 9.59 Å². The zero-order valence-electron chi connectivity index (χ0n) is 22.1. The molecule has 0 unspecified atom stereocenters. The number of anilines is 1. The predicted molar refractivity (Wildman–Crippen MR) is 149 cm³/mol. The van der Waals surface area contributed by atoms with Gasteiger partial charge in [-0.1, -0.05) is 38.5 Å². The summed E-state index contributed by atoms with van der Waals surface area (Å²) in [7, 11) is 0. The summed E-state index contributed by atoms with van der Waals surface area (Å²) in [5, 5.41) is 13.3. The van der Waals surface area contributed by atoms with E-state index < -0.39 is 5.97 Å². The van der Waals surface area contributed by atoms with E-state index in [1.54, 1.807) is 12.1 Å². The lowest BCUT2D eigenvalue weighted by Crippen LogP contribution is -2.33. The maximum Gasteiger partial charge on any atom is 0.303 e. The smallest absolute Gasteiger partial charge is 0.303 e. The molecule has 38 heavy (non-hydrogen) atoms. The van der Waals surface area contributed by atoms with E-state index in [0.717, 1.165) is 40.1 Å². The summed E-state index contributed by atoms with van der Waals surface area (Å²) in [6, 6.07) is 21.2. The third kappa shape index (κ3) is 6.79. The Bertz CT molecular complexity index is 1360. The van der Waals surface area contributed by atoms with Gasteiger partial charge in [0.05, 0.1) is 11.7 Å². The lowest BCUT2D eigenvalue weighted by atomic mass is 9.99. The molecule has 0 fully saturated rings. The number of carbonyl (C=O) groups excluding carboxylic acids is 1. The van der Waals surface area contributed by atoms with Gasteiger partial charge in [0, 0.05) is 41.1 Å². The third-order valence-electron chi connectivity index (χ3n) is 6.85. The van der Waals surface area contributed by atoms with Crippen LogP contribution < -0.4 is 10.1 Å². The summed E-state index contributed by atoms with van der Waals surface area (Å²) in [5.41, 5.74) is 4.09. The summed E-state index contributed by atoms with van der Waals surface area (Å²) >= 11 is 0. The molecule has 0 aliphatic carbocycles. The van der Waals surface area contributed by atoms with Crippen LogP contribution in [0, 0.1) is 12.8 Å². The Kier molecular flexibility index (Phi) is 8.79. The van der Waals surface area contributed by atoms with Gasteiger partial charge in [0.25, 0.3) is 0 Å².